The first-order chi connectivity index (χ1) is 10.7. The number of benzene rings is 1. The van der Waals surface area contributed by atoms with Crippen molar-refractivity contribution in [2.24, 2.45) is 5.92 Å². The first-order valence-corrected chi connectivity index (χ1v) is 7.70. The van der Waals surface area contributed by atoms with Gasteiger partial charge in [-0.2, -0.15) is 0 Å². The fourth-order valence-electron chi connectivity index (χ4n) is 2.77. The molecule has 1 heterocycles. The predicted molar refractivity (Wildman–Crippen MR) is 82.1 cm³/mol. The molecular formula is C17H23NO4. The van der Waals surface area contributed by atoms with Gasteiger partial charge in [-0.3, -0.25) is 9.59 Å². The molecule has 1 fully saturated rings. The van der Waals surface area contributed by atoms with Gasteiger partial charge in [-0.1, -0.05) is 30.3 Å². The number of amides is 1. The number of carbonyl (C=O) groups excluding carboxylic acids is 2. The average molecular weight is 305 g/mol. The van der Waals surface area contributed by atoms with Gasteiger partial charge in [-0.15, -0.1) is 0 Å². The van der Waals surface area contributed by atoms with E-state index >= 15 is 0 Å². The lowest BCUT2D eigenvalue weighted by Crippen LogP contribution is -2.43. The van der Waals surface area contributed by atoms with Crippen LogP contribution in [-0.4, -0.2) is 43.6 Å². The number of rotatable bonds is 5. The monoisotopic (exact) mass is 305 g/mol. The Balaban J connectivity index is 1.95. The van der Waals surface area contributed by atoms with Crippen molar-refractivity contribution in [3.8, 4) is 0 Å². The van der Waals surface area contributed by atoms with Crippen molar-refractivity contribution < 1.29 is 19.1 Å². The van der Waals surface area contributed by atoms with Crippen LogP contribution in [0.3, 0.4) is 0 Å². The first-order valence-electron chi connectivity index (χ1n) is 7.70. The molecule has 1 aliphatic rings. The van der Waals surface area contributed by atoms with Gasteiger partial charge in [0.25, 0.3) is 5.91 Å². The van der Waals surface area contributed by atoms with E-state index in [1.807, 2.05) is 30.3 Å². The van der Waals surface area contributed by atoms with Crippen LogP contribution in [-0.2, 0) is 19.1 Å². The lowest BCUT2D eigenvalue weighted by atomic mass is 9.96. The van der Waals surface area contributed by atoms with E-state index in [0.29, 0.717) is 32.5 Å². The molecule has 0 N–H and O–H groups in total. The molecule has 1 aromatic carbocycles. The summed E-state index contributed by atoms with van der Waals surface area (Å²) < 4.78 is 10.4. The van der Waals surface area contributed by atoms with Crippen LogP contribution in [0, 0.1) is 5.92 Å². The van der Waals surface area contributed by atoms with Gasteiger partial charge < -0.3 is 14.4 Å². The Labute approximate surface area is 131 Å². The zero-order chi connectivity index (χ0) is 15.9. The number of ether oxygens (including phenoxy) is 2. The predicted octanol–water partition coefficient (Wildman–Crippen LogP) is 2.18. The van der Waals surface area contributed by atoms with Crippen molar-refractivity contribution >= 4 is 11.9 Å². The van der Waals surface area contributed by atoms with Gasteiger partial charge in [0.1, 0.15) is 0 Å². The highest BCUT2D eigenvalue weighted by molar-refractivity contribution is 5.82. The van der Waals surface area contributed by atoms with Crippen molar-refractivity contribution in [2.45, 2.75) is 25.9 Å². The summed E-state index contributed by atoms with van der Waals surface area (Å²) in [7, 11) is 1.54. The number of esters is 1. The third-order valence-corrected chi connectivity index (χ3v) is 3.99. The molecular weight excluding hydrogens is 282 g/mol. The minimum Gasteiger partial charge on any atom is -0.466 e. The minimum atomic E-state index is -0.583. The number of hydrogen-bond acceptors (Lipinski definition) is 4. The highest BCUT2D eigenvalue weighted by Gasteiger charge is 2.32. The van der Waals surface area contributed by atoms with Crippen LogP contribution in [0.15, 0.2) is 30.3 Å². The standard InChI is InChI=1S/C17H23NO4/c1-3-22-17(20)14-9-11-18(12-10-14)16(19)15(21-2)13-7-5-4-6-8-13/h4-8,14-15H,3,9-12H2,1-2H3/t15-/m0/s1. The minimum absolute atomic E-state index is 0.0454. The van der Waals surface area contributed by atoms with Crippen LogP contribution in [0.1, 0.15) is 31.4 Å². The van der Waals surface area contributed by atoms with Crippen LogP contribution < -0.4 is 0 Å². The Hall–Kier alpha value is -1.88. The quantitative estimate of drug-likeness (QED) is 0.782. The zero-order valence-corrected chi connectivity index (χ0v) is 13.2. The summed E-state index contributed by atoms with van der Waals surface area (Å²) in [4.78, 5) is 26.1. The summed E-state index contributed by atoms with van der Waals surface area (Å²) >= 11 is 0. The van der Waals surface area contributed by atoms with Crippen molar-refractivity contribution in [1.29, 1.82) is 0 Å². The van der Waals surface area contributed by atoms with Crippen LogP contribution in [0.2, 0.25) is 0 Å². The molecule has 0 spiro atoms. The second-order valence-electron chi connectivity index (χ2n) is 5.38. The molecule has 1 amide bonds. The Morgan fingerprint density at radius 3 is 2.41 bits per heavy atom. The third kappa shape index (κ3) is 3.85. The topological polar surface area (TPSA) is 55.8 Å². The molecule has 0 saturated carbocycles. The molecule has 0 bridgehead atoms. The van der Waals surface area contributed by atoms with E-state index in [1.54, 1.807) is 18.9 Å². The number of carbonyl (C=O) groups is 2. The fourth-order valence-corrected chi connectivity index (χ4v) is 2.77. The molecule has 1 atom stereocenters. The average Bonchev–Trinajstić information content (AvgIpc) is 2.57. The van der Waals surface area contributed by atoms with E-state index in [0.717, 1.165) is 5.56 Å². The fraction of sp³-hybridized carbons (Fsp3) is 0.529. The second kappa shape index (κ2) is 7.94. The number of nitrogens with zero attached hydrogens (tertiary/aromatic N) is 1. The highest BCUT2D eigenvalue weighted by Crippen LogP contribution is 2.24. The summed E-state index contributed by atoms with van der Waals surface area (Å²) in [5.74, 6) is -0.293. The lowest BCUT2D eigenvalue weighted by molar-refractivity contribution is -0.153. The first kappa shape index (κ1) is 16.5. The van der Waals surface area contributed by atoms with Crippen LogP contribution in [0.4, 0.5) is 0 Å². The molecule has 1 aromatic rings. The van der Waals surface area contributed by atoms with E-state index in [1.165, 1.54) is 0 Å². The summed E-state index contributed by atoms with van der Waals surface area (Å²) in [6, 6.07) is 9.46. The number of piperidine rings is 1. The Kier molecular flexibility index (Phi) is 5.95. The van der Waals surface area contributed by atoms with Crippen LogP contribution >= 0.6 is 0 Å². The summed E-state index contributed by atoms with van der Waals surface area (Å²) in [6.45, 7) is 3.33. The molecule has 0 unspecified atom stereocenters. The molecule has 0 aromatic heterocycles. The van der Waals surface area contributed by atoms with E-state index in [-0.39, 0.29) is 17.8 Å². The Bertz CT molecular complexity index is 495. The maximum absolute atomic E-state index is 12.6. The maximum Gasteiger partial charge on any atom is 0.309 e. The summed E-state index contributed by atoms with van der Waals surface area (Å²) in [5, 5.41) is 0. The van der Waals surface area contributed by atoms with Gasteiger partial charge in [0.15, 0.2) is 6.10 Å². The van der Waals surface area contributed by atoms with Crippen LogP contribution in [0.5, 0.6) is 0 Å². The van der Waals surface area contributed by atoms with Gasteiger partial charge in [0.2, 0.25) is 0 Å². The van der Waals surface area contributed by atoms with Crippen LogP contribution in [0.25, 0.3) is 0 Å². The zero-order valence-electron chi connectivity index (χ0n) is 13.2. The van der Waals surface area contributed by atoms with Gasteiger partial charge >= 0.3 is 5.97 Å². The summed E-state index contributed by atoms with van der Waals surface area (Å²) in [5.41, 5.74) is 0.850. The van der Waals surface area contributed by atoms with E-state index in [2.05, 4.69) is 0 Å². The van der Waals surface area contributed by atoms with E-state index < -0.39 is 6.10 Å². The summed E-state index contributed by atoms with van der Waals surface area (Å²) in [6.07, 6.45) is 0.714. The molecule has 0 radical (unpaired) electrons. The SMILES string of the molecule is CCOC(=O)C1CCN(C(=O)[C@@H](OC)c2ccccc2)CC1. The molecule has 5 nitrogen and oxygen atoms in total. The molecule has 5 heteroatoms. The normalized spacial score (nSPS) is 17.1. The van der Waals surface area contributed by atoms with Gasteiger partial charge in [0, 0.05) is 20.2 Å². The number of hydrogen-bond donors (Lipinski definition) is 0. The van der Waals surface area contributed by atoms with Gasteiger partial charge in [0.05, 0.1) is 12.5 Å². The second-order valence-corrected chi connectivity index (χ2v) is 5.38. The van der Waals surface area contributed by atoms with Crippen molar-refractivity contribution in [1.82, 2.24) is 4.90 Å². The van der Waals surface area contributed by atoms with Crippen molar-refractivity contribution in [3.05, 3.63) is 35.9 Å². The molecule has 2 rings (SSSR count). The molecule has 1 aliphatic heterocycles. The molecule has 22 heavy (non-hydrogen) atoms. The van der Waals surface area contributed by atoms with E-state index in [9.17, 15) is 9.59 Å². The van der Waals surface area contributed by atoms with Gasteiger partial charge in [-0.05, 0) is 25.3 Å². The van der Waals surface area contributed by atoms with Gasteiger partial charge in [-0.25, -0.2) is 0 Å². The maximum atomic E-state index is 12.6. The molecule has 120 valence electrons. The smallest absolute Gasteiger partial charge is 0.309 e. The number of likely N-dealkylation sites (tertiary alicyclic amines) is 1. The lowest BCUT2D eigenvalue weighted by Gasteiger charge is -2.33. The largest absolute Gasteiger partial charge is 0.466 e. The third-order valence-electron chi connectivity index (χ3n) is 3.99. The highest BCUT2D eigenvalue weighted by atomic mass is 16.5. The van der Waals surface area contributed by atoms with Crippen molar-refractivity contribution in [2.75, 3.05) is 26.8 Å². The molecule has 1 saturated heterocycles. The van der Waals surface area contributed by atoms with E-state index in [4.69, 9.17) is 9.47 Å². The molecule has 0 aliphatic carbocycles. The number of methoxy groups -OCH3 is 1. The van der Waals surface area contributed by atoms with Crippen molar-refractivity contribution in [3.63, 3.8) is 0 Å². The Morgan fingerprint density at radius 1 is 1.23 bits per heavy atom. The Morgan fingerprint density at radius 2 is 1.86 bits per heavy atom.